The number of imide groups is 1. The Morgan fingerprint density at radius 3 is 2.49 bits per heavy atom. The highest BCUT2D eigenvalue weighted by atomic mass is 16.6. The number of carbonyl (C=O) groups is 3. The molecule has 2 amide bonds. The van der Waals surface area contributed by atoms with E-state index in [2.05, 4.69) is 0 Å². The smallest absolute Gasteiger partial charge is 0.270 e. The number of nitriles is 1. The average Bonchev–Trinajstić information content (AvgIpc) is 3.35. The summed E-state index contributed by atoms with van der Waals surface area (Å²) in [6.45, 7) is 0. The summed E-state index contributed by atoms with van der Waals surface area (Å²) in [5.41, 5.74) is 0.474. The van der Waals surface area contributed by atoms with Gasteiger partial charge >= 0.3 is 0 Å². The topological polar surface area (TPSA) is 134 Å². The second-order valence-corrected chi connectivity index (χ2v) is 8.37. The first-order chi connectivity index (χ1) is 16.8. The van der Waals surface area contributed by atoms with Crippen LogP contribution in [0.1, 0.15) is 10.4 Å². The summed E-state index contributed by atoms with van der Waals surface area (Å²) in [6.07, 6.45) is 4.64. The maximum atomic E-state index is 13.7. The van der Waals surface area contributed by atoms with Crippen molar-refractivity contribution >= 4 is 29.0 Å². The van der Waals surface area contributed by atoms with Crippen molar-refractivity contribution in [2.75, 3.05) is 12.0 Å². The summed E-state index contributed by atoms with van der Waals surface area (Å²) in [7, 11) is 1.50. The van der Waals surface area contributed by atoms with Gasteiger partial charge in [0.2, 0.25) is 11.8 Å². The third-order valence-corrected chi connectivity index (χ3v) is 6.62. The van der Waals surface area contributed by atoms with E-state index in [1.165, 1.54) is 31.4 Å². The molecule has 3 aliphatic rings. The summed E-state index contributed by atoms with van der Waals surface area (Å²) >= 11 is 0. The van der Waals surface area contributed by atoms with Crippen molar-refractivity contribution in [1.82, 2.24) is 4.90 Å². The number of ether oxygens (including phenoxy) is 1. The number of Topliss-reactive ketones (excluding diaryl/α,β-unsaturated/α-hetero) is 1. The predicted octanol–water partition coefficient (Wildman–Crippen LogP) is 2.62. The zero-order chi connectivity index (χ0) is 24.9. The van der Waals surface area contributed by atoms with Gasteiger partial charge in [0.25, 0.3) is 5.69 Å². The van der Waals surface area contributed by atoms with E-state index in [0.717, 1.165) is 11.0 Å². The number of carbonyl (C=O) groups excluding carboxylic acids is 3. The number of methoxy groups -OCH3 is 1. The molecule has 0 aromatic heterocycles. The summed E-state index contributed by atoms with van der Waals surface area (Å²) in [5, 5.41) is 20.6. The molecule has 2 aromatic rings. The van der Waals surface area contributed by atoms with E-state index in [1.807, 2.05) is 6.07 Å². The lowest BCUT2D eigenvalue weighted by Gasteiger charge is -2.32. The van der Waals surface area contributed by atoms with E-state index in [4.69, 9.17) is 4.74 Å². The predicted molar refractivity (Wildman–Crippen MR) is 122 cm³/mol. The molecule has 0 N–H and O–H groups in total. The minimum atomic E-state index is -1.07. The summed E-state index contributed by atoms with van der Waals surface area (Å²) < 4.78 is 5.15. The number of anilines is 1. The van der Waals surface area contributed by atoms with Crippen molar-refractivity contribution in [1.29, 1.82) is 5.26 Å². The van der Waals surface area contributed by atoms with Crippen LogP contribution in [0.4, 0.5) is 11.4 Å². The fraction of sp³-hybridized carbons (Fsp3) is 0.200. The number of nitro benzene ring substituents is 1. The van der Waals surface area contributed by atoms with E-state index < -0.39 is 46.4 Å². The first kappa shape index (κ1) is 22.0. The fourth-order valence-electron chi connectivity index (χ4n) is 5.05. The third-order valence-electron chi connectivity index (χ3n) is 6.62. The fourth-order valence-corrected chi connectivity index (χ4v) is 5.05. The lowest BCUT2D eigenvalue weighted by Crippen LogP contribution is -2.46. The van der Waals surface area contributed by atoms with Crippen molar-refractivity contribution in [3.63, 3.8) is 0 Å². The molecule has 3 aliphatic heterocycles. The van der Waals surface area contributed by atoms with E-state index >= 15 is 0 Å². The van der Waals surface area contributed by atoms with Gasteiger partial charge in [-0.05, 0) is 36.4 Å². The average molecular weight is 470 g/mol. The minimum absolute atomic E-state index is 0.0650. The van der Waals surface area contributed by atoms with Gasteiger partial charge in [-0.3, -0.25) is 24.5 Å². The lowest BCUT2D eigenvalue weighted by molar-refractivity contribution is -0.384. The standard InChI is InChI=1S/C25H18N4O6/c1-35-18-7-5-16(6-8-18)28-24(31)20-19-11-14(13-26)9-10-27(19)22(21(20)25(28)32)23(30)15-3-2-4-17(12-15)29(33)34/h2-12,19-22H,1H3/t19-,20-,21+,22-/m0/s1. The number of ketones is 1. The van der Waals surface area contributed by atoms with Gasteiger partial charge in [0.1, 0.15) is 11.8 Å². The van der Waals surface area contributed by atoms with Gasteiger partial charge in [-0.2, -0.15) is 5.26 Å². The second kappa shape index (κ2) is 8.22. The van der Waals surface area contributed by atoms with E-state index in [0.29, 0.717) is 17.0 Å². The summed E-state index contributed by atoms with van der Waals surface area (Å²) in [4.78, 5) is 54.2. The van der Waals surface area contributed by atoms with Crippen LogP contribution in [-0.4, -0.2) is 46.6 Å². The maximum Gasteiger partial charge on any atom is 0.270 e. The molecular weight excluding hydrogens is 452 g/mol. The Kier molecular flexibility index (Phi) is 5.17. The van der Waals surface area contributed by atoms with Crippen LogP contribution in [0.25, 0.3) is 0 Å². The van der Waals surface area contributed by atoms with Crippen LogP contribution in [0.15, 0.2) is 72.5 Å². The Hall–Kier alpha value is -4.78. The quantitative estimate of drug-likeness (QED) is 0.282. The van der Waals surface area contributed by atoms with Gasteiger partial charge in [-0.1, -0.05) is 12.1 Å². The SMILES string of the molecule is COc1ccc(N2C(=O)[C@@H]3[C@@H](C2=O)[C@@H]2C=C(C#N)C=CN2[C@@H]3C(=O)c2cccc([N+](=O)[O-])c2)cc1. The van der Waals surface area contributed by atoms with Gasteiger partial charge in [0, 0.05) is 23.9 Å². The van der Waals surface area contributed by atoms with Crippen LogP contribution in [-0.2, 0) is 9.59 Å². The minimum Gasteiger partial charge on any atom is -0.497 e. The molecule has 4 atom stereocenters. The number of hydrogen-bond donors (Lipinski definition) is 0. The number of hydrogen-bond acceptors (Lipinski definition) is 8. The van der Waals surface area contributed by atoms with Gasteiger partial charge in [-0.25, -0.2) is 4.90 Å². The highest BCUT2D eigenvalue weighted by molar-refractivity contribution is 6.24. The molecule has 10 nitrogen and oxygen atoms in total. The number of benzene rings is 2. The monoisotopic (exact) mass is 470 g/mol. The molecule has 5 rings (SSSR count). The number of nitro groups is 1. The first-order valence-electron chi connectivity index (χ1n) is 10.7. The van der Waals surface area contributed by atoms with E-state index in [9.17, 15) is 29.8 Å². The molecule has 0 aliphatic carbocycles. The molecule has 2 aromatic carbocycles. The highest BCUT2D eigenvalue weighted by Crippen LogP contribution is 2.47. The van der Waals surface area contributed by atoms with Crippen molar-refractivity contribution in [2.45, 2.75) is 12.1 Å². The lowest BCUT2D eigenvalue weighted by atomic mass is 9.86. The largest absolute Gasteiger partial charge is 0.497 e. The molecule has 3 heterocycles. The van der Waals surface area contributed by atoms with Gasteiger partial charge < -0.3 is 9.64 Å². The number of amides is 2. The Morgan fingerprint density at radius 1 is 1.11 bits per heavy atom. The molecule has 2 saturated heterocycles. The van der Waals surface area contributed by atoms with Gasteiger partial charge in [-0.15, -0.1) is 0 Å². The van der Waals surface area contributed by atoms with E-state index in [-0.39, 0.29) is 11.3 Å². The zero-order valence-corrected chi connectivity index (χ0v) is 18.4. The molecule has 2 fully saturated rings. The zero-order valence-electron chi connectivity index (χ0n) is 18.4. The maximum absolute atomic E-state index is 13.7. The number of fused-ring (bicyclic) bond motifs is 3. The van der Waals surface area contributed by atoms with Crippen LogP contribution >= 0.6 is 0 Å². The van der Waals surface area contributed by atoms with Crippen LogP contribution in [0.2, 0.25) is 0 Å². The van der Waals surface area contributed by atoms with Crippen LogP contribution < -0.4 is 9.64 Å². The van der Waals surface area contributed by atoms with E-state index in [1.54, 1.807) is 41.4 Å². The Morgan fingerprint density at radius 2 is 1.83 bits per heavy atom. The second-order valence-electron chi connectivity index (χ2n) is 8.37. The molecule has 0 unspecified atom stereocenters. The van der Waals surface area contributed by atoms with Crippen LogP contribution in [0.3, 0.4) is 0 Å². The normalized spacial score (nSPS) is 24.5. The van der Waals surface area contributed by atoms with Crippen molar-refractivity contribution < 1.29 is 24.0 Å². The molecule has 0 saturated carbocycles. The van der Waals surface area contributed by atoms with Gasteiger partial charge in [0.05, 0.1) is 47.2 Å². The van der Waals surface area contributed by atoms with Crippen molar-refractivity contribution in [2.24, 2.45) is 11.8 Å². The molecule has 0 radical (unpaired) electrons. The molecule has 174 valence electrons. The number of non-ortho nitro benzene ring substituents is 1. The van der Waals surface area contributed by atoms with Crippen LogP contribution in [0, 0.1) is 33.3 Å². The van der Waals surface area contributed by atoms with Crippen molar-refractivity contribution in [3.05, 3.63) is 88.1 Å². The number of rotatable bonds is 5. The molecular formula is C25H18N4O6. The Labute approximate surface area is 199 Å². The molecule has 35 heavy (non-hydrogen) atoms. The Bertz CT molecular complexity index is 1370. The third kappa shape index (κ3) is 3.36. The summed E-state index contributed by atoms with van der Waals surface area (Å²) in [6, 6.07) is 12.0. The Balaban J connectivity index is 1.59. The number of nitrogens with zero attached hydrogens (tertiary/aromatic N) is 4. The highest BCUT2D eigenvalue weighted by Gasteiger charge is 2.63. The summed E-state index contributed by atoms with van der Waals surface area (Å²) in [5.74, 6) is -2.90. The molecule has 0 bridgehead atoms. The van der Waals surface area contributed by atoms with Crippen molar-refractivity contribution in [3.8, 4) is 11.8 Å². The number of allylic oxidation sites excluding steroid dienone is 2. The molecule has 0 spiro atoms. The van der Waals surface area contributed by atoms with Crippen LogP contribution in [0.5, 0.6) is 5.75 Å². The molecule has 10 heteroatoms. The first-order valence-corrected chi connectivity index (χ1v) is 10.7. The van der Waals surface area contributed by atoms with Gasteiger partial charge in [0.15, 0.2) is 5.78 Å².